The number of benzene rings is 1. The summed E-state index contributed by atoms with van der Waals surface area (Å²) in [5.74, 6) is 0. The van der Waals surface area contributed by atoms with Crippen LogP contribution >= 0.6 is 23.2 Å². The van der Waals surface area contributed by atoms with Crippen LogP contribution in [-0.4, -0.2) is 10.7 Å². The Morgan fingerprint density at radius 2 is 1.80 bits per heavy atom. The second-order valence-corrected chi connectivity index (χ2v) is 4.61. The van der Waals surface area contributed by atoms with Crippen molar-refractivity contribution in [1.29, 1.82) is 0 Å². The van der Waals surface area contributed by atoms with E-state index in [4.69, 9.17) is 23.2 Å². The zero-order valence-electron chi connectivity index (χ0n) is 9.06. The van der Waals surface area contributed by atoms with E-state index < -0.39 is 5.60 Å². The fourth-order valence-electron chi connectivity index (χ4n) is 1.54. The molecule has 1 rings (SSSR count). The van der Waals surface area contributed by atoms with Crippen molar-refractivity contribution in [2.45, 2.75) is 38.7 Å². The van der Waals surface area contributed by atoms with Crippen LogP contribution in [0.5, 0.6) is 0 Å². The second-order valence-electron chi connectivity index (χ2n) is 3.82. The molecule has 0 aliphatic rings. The Kier molecular flexibility index (Phi) is 4.45. The van der Waals surface area contributed by atoms with E-state index in [1.807, 2.05) is 26.0 Å². The van der Waals surface area contributed by atoms with E-state index in [1.54, 1.807) is 6.07 Å². The lowest BCUT2D eigenvalue weighted by atomic mass is 9.89. The Balaban J connectivity index is 2.94. The van der Waals surface area contributed by atoms with Gasteiger partial charge in [0.15, 0.2) is 0 Å². The molecule has 1 aromatic rings. The summed E-state index contributed by atoms with van der Waals surface area (Å²) in [6.07, 6.45) is 1.98. The van der Waals surface area contributed by atoms with Gasteiger partial charge in [0.2, 0.25) is 0 Å². The zero-order chi connectivity index (χ0) is 11.5. The molecule has 3 heteroatoms. The molecule has 0 saturated heterocycles. The van der Waals surface area contributed by atoms with Gasteiger partial charge in [0.05, 0.1) is 15.6 Å². The molecule has 0 atom stereocenters. The molecule has 0 bridgehead atoms. The van der Waals surface area contributed by atoms with Crippen molar-refractivity contribution in [2.75, 3.05) is 0 Å². The third kappa shape index (κ3) is 3.10. The summed E-state index contributed by atoms with van der Waals surface area (Å²) in [5, 5.41) is 11.3. The SMILES string of the molecule is CCC(O)(CC)Cc1cccc(Cl)c1Cl. The van der Waals surface area contributed by atoms with E-state index >= 15 is 0 Å². The molecule has 84 valence electrons. The van der Waals surface area contributed by atoms with Crippen LogP contribution in [-0.2, 0) is 6.42 Å². The quantitative estimate of drug-likeness (QED) is 0.849. The fourth-order valence-corrected chi connectivity index (χ4v) is 1.93. The molecule has 1 aromatic carbocycles. The Labute approximate surface area is 101 Å². The van der Waals surface area contributed by atoms with E-state index in [9.17, 15) is 5.11 Å². The number of rotatable bonds is 4. The van der Waals surface area contributed by atoms with Crippen molar-refractivity contribution < 1.29 is 5.11 Å². The maximum Gasteiger partial charge on any atom is 0.0683 e. The van der Waals surface area contributed by atoms with E-state index in [0.717, 1.165) is 5.56 Å². The number of hydrogen-bond donors (Lipinski definition) is 1. The molecule has 0 fully saturated rings. The molecule has 15 heavy (non-hydrogen) atoms. The predicted octanol–water partition coefficient (Wildman–Crippen LogP) is 4.09. The van der Waals surface area contributed by atoms with Gasteiger partial charge in [-0.25, -0.2) is 0 Å². The van der Waals surface area contributed by atoms with Gasteiger partial charge >= 0.3 is 0 Å². The average molecular weight is 247 g/mol. The van der Waals surface area contributed by atoms with E-state index in [1.165, 1.54) is 0 Å². The van der Waals surface area contributed by atoms with E-state index in [0.29, 0.717) is 29.3 Å². The van der Waals surface area contributed by atoms with Gasteiger partial charge in [-0.2, -0.15) is 0 Å². The average Bonchev–Trinajstić information content (AvgIpc) is 2.25. The summed E-state index contributed by atoms with van der Waals surface area (Å²) in [4.78, 5) is 0. The second kappa shape index (κ2) is 5.20. The van der Waals surface area contributed by atoms with Crippen LogP contribution in [0.25, 0.3) is 0 Å². The third-order valence-electron chi connectivity index (χ3n) is 2.87. The lowest BCUT2D eigenvalue weighted by molar-refractivity contribution is 0.0327. The van der Waals surface area contributed by atoms with Crippen LogP contribution in [0.15, 0.2) is 18.2 Å². The molecule has 0 spiro atoms. The molecule has 0 unspecified atom stereocenters. The standard InChI is InChI=1S/C12H16Cl2O/c1-3-12(15,4-2)8-9-6-5-7-10(13)11(9)14/h5-7,15H,3-4,8H2,1-2H3. The fraction of sp³-hybridized carbons (Fsp3) is 0.500. The smallest absolute Gasteiger partial charge is 0.0683 e. The number of aliphatic hydroxyl groups is 1. The van der Waals surface area contributed by atoms with Gasteiger partial charge in [0.25, 0.3) is 0 Å². The molecule has 0 aliphatic carbocycles. The van der Waals surface area contributed by atoms with Crippen molar-refractivity contribution in [3.8, 4) is 0 Å². The topological polar surface area (TPSA) is 20.2 Å². The summed E-state index contributed by atoms with van der Waals surface area (Å²) in [6.45, 7) is 3.95. The molecule has 0 aliphatic heterocycles. The monoisotopic (exact) mass is 246 g/mol. The molecule has 1 nitrogen and oxygen atoms in total. The van der Waals surface area contributed by atoms with Crippen LogP contribution in [0.2, 0.25) is 10.0 Å². The van der Waals surface area contributed by atoms with Crippen molar-refractivity contribution in [1.82, 2.24) is 0 Å². The predicted molar refractivity (Wildman–Crippen MR) is 65.7 cm³/mol. The number of hydrogen-bond acceptors (Lipinski definition) is 1. The van der Waals surface area contributed by atoms with Crippen molar-refractivity contribution in [3.05, 3.63) is 33.8 Å². The molecule has 0 radical (unpaired) electrons. The maximum atomic E-state index is 10.2. The zero-order valence-corrected chi connectivity index (χ0v) is 10.6. The Morgan fingerprint density at radius 1 is 1.20 bits per heavy atom. The first kappa shape index (κ1) is 12.8. The van der Waals surface area contributed by atoms with Gasteiger partial charge in [-0.05, 0) is 24.5 Å². The number of halogens is 2. The first-order chi connectivity index (χ1) is 7.02. The highest BCUT2D eigenvalue weighted by Crippen LogP contribution is 2.30. The van der Waals surface area contributed by atoms with Crippen LogP contribution in [0.3, 0.4) is 0 Å². The normalized spacial score (nSPS) is 11.8. The highest BCUT2D eigenvalue weighted by molar-refractivity contribution is 6.42. The van der Waals surface area contributed by atoms with Crippen molar-refractivity contribution in [3.63, 3.8) is 0 Å². The van der Waals surface area contributed by atoms with Crippen LogP contribution in [0, 0.1) is 0 Å². The van der Waals surface area contributed by atoms with E-state index in [2.05, 4.69) is 0 Å². The van der Waals surface area contributed by atoms with Gasteiger partial charge in [0.1, 0.15) is 0 Å². The van der Waals surface area contributed by atoms with Crippen molar-refractivity contribution in [2.24, 2.45) is 0 Å². The van der Waals surface area contributed by atoms with Gasteiger partial charge in [0, 0.05) is 6.42 Å². The van der Waals surface area contributed by atoms with E-state index in [-0.39, 0.29) is 0 Å². The van der Waals surface area contributed by atoms with Gasteiger partial charge in [-0.15, -0.1) is 0 Å². The Hall–Kier alpha value is -0.240. The maximum absolute atomic E-state index is 10.2. The lowest BCUT2D eigenvalue weighted by Crippen LogP contribution is -2.29. The molecule has 0 saturated carbocycles. The van der Waals surface area contributed by atoms with Gasteiger partial charge in [-0.1, -0.05) is 49.2 Å². The minimum atomic E-state index is -0.672. The van der Waals surface area contributed by atoms with Crippen LogP contribution in [0.1, 0.15) is 32.3 Å². The summed E-state index contributed by atoms with van der Waals surface area (Å²) in [5.41, 5.74) is 0.240. The first-order valence-electron chi connectivity index (χ1n) is 5.17. The molecular formula is C12H16Cl2O. The minimum absolute atomic E-state index is 0.545. The molecule has 0 heterocycles. The Morgan fingerprint density at radius 3 is 2.33 bits per heavy atom. The highest BCUT2D eigenvalue weighted by atomic mass is 35.5. The first-order valence-corrected chi connectivity index (χ1v) is 5.93. The summed E-state index contributed by atoms with van der Waals surface area (Å²) >= 11 is 12.0. The minimum Gasteiger partial charge on any atom is -0.390 e. The van der Waals surface area contributed by atoms with Crippen LogP contribution < -0.4 is 0 Å². The van der Waals surface area contributed by atoms with Crippen molar-refractivity contribution >= 4 is 23.2 Å². The van der Waals surface area contributed by atoms with Gasteiger partial charge < -0.3 is 5.11 Å². The van der Waals surface area contributed by atoms with Crippen LogP contribution in [0.4, 0.5) is 0 Å². The largest absolute Gasteiger partial charge is 0.390 e. The van der Waals surface area contributed by atoms with Gasteiger partial charge in [-0.3, -0.25) is 0 Å². The highest BCUT2D eigenvalue weighted by Gasteiger charge is 2.23. The third-order valence-corrected chi connectivity index (χ3v) is 3.73. The summed E-state index contributed by atoms with van der Waals surface area (Å²) in [7, 11) is 0. The Bertz CT molecular complexity index is 332. The summed E-state index contributed by atoms with van der Waals surface area (Å²) < 4.78 is 0. The molecule has 1 N–H and O–H groups in total. The lowest BCUT2D eigenvalue weighted by Gasteiger charge is -2.25. The molecular weight excluding hydrogens is 231 g/mol. The molecule has 0 amide bonds. The summed E-state index contributed by atoms with van der Waals surface area (Å²) in [6, 6.07) is 5.52. The molecule has 0 aromatic heterocycles.